The molecule has 4 heterocycles. The van der Waals surface area contributed by atoms with Gasteiger partial charge in [0, 0.05) is 35.2 Å². The van der Waals surface area contributed by atoms with Gasteiger partial charge in [-0.3, -0.25) is 9.69 Å². The summed E-state index contributed by atoms with van der Waals surface area (Å²) < 4.78 is 1.78. The third kappa shape index (κ3) is 2.75. The van der Waals surface area contributed by atoms with Gasteiger partial charge in [0.25, 0.3) is 5.56 Å². The van der Waals surface area contributed by atoms with Crippen molar-refractivity contribution in [2.45, 2.75) is 18.9 Å². The predicted molar refractivity (Wildman–Crippen MR) is 103 cm³/mol. The molecule has 10 heteroatoms. The molecule has 2 atom stereocenters. The molecule has 0 radical (unpaired) electrons. The number of anilines is 1. The topological polar surface area (TPSA) is 113 Å². The molecule has 1 saturated heterocycles. The Balaban J connectivity index is 1.58. The number of hydrogen-bond donors (Lipinski definition) is 0. The van der Waals surface area contributed by atoms with Crippen LogP contribution in [0.5, 0.6) is 0 Å². The van der Waals surface area contributed by atoms with Crippen LogP contribution in [0.4, 0.5) is 11.6 Å². The molecule has 29 heavy (non-hydrogen) atoms. The van der Waals surface area contributed by atoms with Crippen LogP contribution in [0.25, 0.3) is 5.69 Å². The number of rotatable bonds is 3. The van der Waals surface area contributed by atoms with Gasteiger partial charge >= 0.3 is 11.6 Å². The van der Waals surface area contributed by atoms with Gasteiger partial charge < -0.3 is 19.9 Å². The Labute approximate surface area is 164 Å². The molecule has 3 aromatic rings. The maximum atomic E-state index is 13.0. The Morgan fingerprint density at radius 1 is 1.07 bits per heavy atom. The molecule has 2 bridgehead atoms. The van der Waals surface area contributed by atoms with Crippen molar-refractivity contribution >= 4 is 11.6 Å². The lowest BCUT2D eigenvalue weighted by Gasteiger charge is -2.40. The van der Waals surface area contributed by atoms with E-state index in [0.29, 0.717) is 30.2 Å². The molecule has 0 amide bonds. The summed E-state index contributed by atoms with van der Waals surface area (Å²) in [6, 6.07) is 13.8. The van der Waals surface area contributed by atoms with E-state index in [1.807, 2.05) is 6.07 Å². The molecule has 2 aliphatic rings. The number of piperidine rings is 1. The maximum absolute atomic E-state index is 13.0. The summed E-state index contributed by atoms with van der Waals surface area (Å²) in [5.74, 6) is -0.369. The van der Waals surface area contributed by atoms with Crippen molar-refractivity contribution < 1.29 is 9.77 Å². The number of aromatic nitrogens is 4. The van der Waals surface area contributed by atoms with Gasteiger partial charge in [0.1, 0.15) is 5.69 Å². The molecule has 0 saturated carbocycles. The number of nitro groups is 1. The highest BCUT2D eigenvalue weighted by molar-refractivity contribution is 5.50. The average molecular weight is 394 g/mol. The number of para-hydroxylation sites is 1. The van der Waals surface area contributed by atoms with Crippen LogP contribution >= 0.6 is 0 Å². The molecule has 0 spiro atoms. The molecular formula is C19H18N6O4. The molecule has 0 unspecified atom stereocenters. The molecule has 0 aliphatic carbocycles. The third-order valence-electron chi connectivity index (χ3n) is 5.68. The van der Waals surface area contributed by atoms with Gasteiger partial charge in [-0.05, 0) is 29.5 Å². The van der Waals surface area contributed by atoms with Gasteiger partial charge in [-0.25, -0.2) is 0 Å². The van der Waals surface area contributed by atoms with Gasteiger partial charge in [0.05, 0.1) is 13.1 Å². The van der Waals surface area contributed by atoms with E-state index in [1.54, 1.807) is 51.9 Å². The number of fused-ring (bicyclic) bond motifs is 4. The summed E-state index contributed by atoms with van der Waals surface area (Å²) in [6.45, 7) is 1.42. The molecular weight excluding hydrogens is 376 g/mol. The van der Waals surface area contributed by atoms with E-state index in [9.17, 15) is 20.1 Å². The minimum Gasteiger partial charge on any atom is -0.723 e. The normalized spacial score (nSPS) is 20.3. The number of hydrogen-bond acceptors (Lipinski definition) is 6. The van der Waals surface area contributed by atoms with Gasteiger partial charge in [-0.2, -0.15) is 4.85 Å². The maximum Gasteiger partial charge on any atom is 0.428 e. The average Bonchev–Trinajstić information content (AvgIpc) is 3.07. The summed E-state index contributed by atoms with van der Waals surface area (Å²) in [4.78, 5) is 26.5. The molecule has 2 aliphatic heterocycles. The van der Waals surface area contributed by atoms with Crippen LogP contribution in [0.3, 0.4) is 0 Å². The highest BCUT2D eigenvalue weighted by atomic mass is 16.6. The monoisotopic (exact) mass is 394 g/mol. The van der Waals surface area contributed by atoms with Crippen molar-refractivity contribution in [3.63, 3.8) is 0 Å². The molecule has 2 aromatic heterocycles. The lowest BCUT2D eigenvalue weighted by atomic mass is 9.83. The molecule has 0 N–H and O–H groups in total. The molecule has 10 nitrogen and oxygen atoms in total. The zero-order valence-corrected chi connectivity index (χ0v) is 15.4. The fraction of sp³-hybridized carbons (Fsp3) is 0.316. The summed E-state index contributed by atoms with van der Waals surface area (Å²) in [6.07, 6.45) is 0.888. The van der Waals surface area contributed by atoms with Crippen LogP contribution in [0.15, 0.2) is 53.3 Å². The van der Waals surface area contributed by atoms with Crippen LogP contribution in [-0.2, 0) is 6.54 Å². The van der Waals surface area contributed by atoms with Crippen LogP contribution in [0.1, 0.15) is 18.0 Å². The lowest BCUT2D eigenvalue weighted by Crippen LogP contribution is -2.51. The second-order valence-corrected chi connectivity index (χ2v) is 7.51. The van der Waals surface area contributed by atoms with E-state index in [-0.39, 0.29) is 23.2 Å². The fourth-order valence-corrected chi connectivity index (χ4v) is 4.52. The number of pyridine rings is 1. The molecule has 1 aromatic carbocycles. The Hall–Kier alpha value is -3.69. The highest BCUT2D eigenvalue weighted by Crippen LogP contribution is 2.38. The Morgan fingerprint density at radius 3 is 2.62 bits per heavy atom. The Bertz CT molecular complexity index is 1160. The second-order valence-electron chi connectivity index (χ2n) is 7.51. The standard InChI is InChI=1S/C19H18N6O4/c26-17-8-4-7-16-14-9-13(11-22(16)17)10-21(12-14)19-18(25(28)29)20-23(24(19)27)15-5-2-1-3-6-15/h1-8,13-14H,9-12H2/t13-,14-/m0/s1. The molecule has 5 rings (SSSR count). The smallest absolute Gasteiger partial charge is 0.428 e. The van der Waals surface area contributed by atoms with E-state index < -0.39 is 10.7 Å². The van der Waals surface area contributed by atoms with Crippen LogP contribution in [0.2, 0.25) is 0 Å². The van der Waals surface area contributed by atoms with Crippen molar-refractivity contribution in [3.05, 3.63) is 79.9 Å². The van der Waals surface area contributed by atoms with Gasteiger partial charge in [-0.15, -0.1) is 0 Å². The second kappa shape index (κ2) is 6.43. The fourth-order valence-electron chi connectivity index (χ4n) is 4.52. The highest BCUT2D eigenvalue weighted by Gasteiger charge is 2.42. The van der Waals surface area contributed by atoms with Crippen molar-refractivity contribution in [2.75, 3.05) is 18.0 Å². The van der Waals surface area contributed by atoms with E-state index in [4.69, 9.17) is 0 Å². The predicted octanol–water partition coefficient (Wildman–Crippen LogP) is 1.20. The van der Waals surface area contributed by atoms with Crippen molar-refractivity contribution in [2.24, 2.45) is 5.92 Å². The van der Waals surface area contributed by atoms with Crippen LogP contribution in [-0.4, -0.2) is 32.5 Å². The summed E-state index contributed by atoms with van der Waals surface area (Å²) >= 11 is 0. The SMILES string of the molecule is O=c1cccc2n1C[C@H]1C[C@H]2CN(c2c([N+](=O)[O-])nn(-c3ccccc3)[n+]2[O-])C1. The first kappa shape index (κ1) is 17.4. The zero-order chi connectivity index (χ0) is 20.1. The van der Waals surface area contributed by atoms with Crippen LogP contribution in [0, 0.1) is 21.2 Å². The Kier molecular flexibility index (Phi) is 3.86. The number of benzene rings is 1. The molecule has 1 fully saturated rings. The van der Waals surface area contributed by atoms with E-state index in [0.717, 1.165) is 16.9 Å². The minimum absolute atomic E-state index is 0.0241. The minimum atomic E-state index is -0.619. The first-order valence-corrected chi connectivity index (χ1v) is 9.40. The summed E-state index contributed by atoms with van der Waals surface area (Å²) in [5, 5.41) is 28.7. The van der Waals surface area contributed by atoms with Crippen molar-refractivity contribution in [1.29, 1.82) is 0 Å². The molecule has 148 valence electrons. The first-order chi connectivity index (χ1) is 14.0. The first-order valence-electron chi connectivity index (χ1n) is 9.40. The van der Waals surface area contributed by atoms with Crippen LogP contribution < -0.4 is 15.3 Å². The van der Waals surface area contributed by atoms with Gasteiger partial charge in [0.2, 0.25) is 0 Å². The Morgan fingerprint density at radius 2 is 1.86 bits per heavy atom. The third-order valence-corrected chi connectivity index (χ3v) is 5.68. The number of nitrogens with zero attached hydrogens (tertiary/aromatic N) is 6. The lowest BCUT2D eigenvalue weighted by molar-refractivity contribution is -0.677. The van der Waals surface area contributed by atoms with E-state index in [2.05, 4.69) is 5.10 Å². The van der Waals surface area contributed by atoms with E-state index >= 15 is 0 Å². The summed E-state index contributed by atoms with van der Waals surface area (Å²) in [7, 11) is 0. The van der Waals surface area contributed by atoms with Crippen molar-refractivity contribution in [1.82, 2.24) is 14.5 Å². The van der Waals surface area contributed by atoms with E-state index in [1.165, 1.54) is 0 Å². The van der Waals surface area contributed by atoms with Gasteiger partial charge in [0.15, 0.2) is 0 Å². The summed E-state index contributed by atoms with van der Waals surface area (Å²) in [5.41, 5.74) is 1.33. The largest absolute Gasteiger partial charge is 0.723 e. The zero-order valence-electron chi connectivity index (χ0n) is 15.4. The van der Waals surface area contributed by atoms with Gasteiger partial charge in [-0.1, -0.05) is 29.1 Å². The van der Waals surface area contributed by atoms with Crippen molar-refractivity contribution in [3.8, 4) is 5.69 Å². The quantitative estimate of drug-likeness (QED) is 0.285.